The average molecular weight is 492 g/mol. The number of hydrogen-bond acceptors (Lipinski definition) is 4. The number of imidazole rings is 1. The summed E-state index contributed by atoms with van der Waals surface area (Å²) in [6.07, 6.45) is 6.91. The summed E-state index contributed by atoms with van der Waals surface area (Å²) in [5.74, 6) is 0.0325. The Labute approximate surface area is 218 Å². The van der Waals surface area contributed by atoms with Gasteiger partial charge in [-0.3, -0.25) is 4.79 Å². The summed E-state index contributed by atoms with van der Waals surface area (Å²) in [5, 5.41) is 15.1. The molecule has 1 aromatic heterocycles. The van der Waals surface area contributed by atoms with Gasteiger partial charge in [-0.1, -0.05) is 54.6 Å². The third-order valence-corrected chi connectivity index (χ3v) is 7.59. The Morgan fingerprint density at radius 3 is 2.76 bits per heavy atom. The lowest BCUT2D eigenvalue weighted by Gasteiger charge is -2.36. The van der Waals surface area contributed by atoms with Gasteiger partial charge in [0.15, 0.2) is 0 Å². The summed E-state index contributed by atoms with van der Waals surface area (Å²) < 4.78 is 0. The van der Waals surface area contributed by atoms with Gasteiger partial charge in [-0.2, -0.15) is 5.26 Å². The number of nitriles is 1. The first-order valence-corrected chi connectivity index (χ1v) is 13.0. The Balaban J connectivity index is 1.25. The fraction of sp³-hybridized carbons (Fsp3) is 0.323. The smallest absolute Gasteiger partial charge is 0.225 e. The first-order valence-electron chi connectivity index (χ1n) is 13.0. The van der Waals surface area contributed by atoms with Crippen LogP contribution in [0.2, 0.25) is 0 Å². The molecule has 1 amide bonds. The number of aromatic nitrogens is 2. The largest absolute Gasteiger partial charge is 0.347 e. The van der Waals surface area contributed by atoms with Crippen LogP contribution < -0.4 is 5.32 Å². The number of benzene rings is 3. The molecule has 188 valence electrons. The molecule has 0 spiro atoms. The normalized spacial score (nSPS) is 17.7. The number of hydrogen-bond donors (Lipinski definition) is 2. The van der Waals surface area contributed by atoms with Crippen LogP contribution in [0.15, 0.2) is 79.3 Å². The summed E-state index contributed by atoms with van der Waals surface area (Å²) in [6.45, 7) is 4.78. The predicted molar refractivity (Wildman–Crippen MR) is 146 cm³/mol. The van der Waals surface area contributed by atoms with E-state index in [0.29, 0.717) is 12.0 Å². The van der Waals surface area contributed by atoms with Crippen LogP contribution in [0.3, 0.4) is 0 Å². The quantitative estimate of drug-likeness (QED) is 0.365. The molecule has 37 heavy (non-hydrogen) atoms. The molecular formula is C31H33N5O. The third kappa shape index (κ3) is 5.73. The fourth-order valence-corrected chi connectivity index (χ4v) is 5.51. The topological polar surface area (TPSA) is 84.8 Å². The average Bonchev–Trinajstić information content (AvgIpc) is 3.49. The molecule has 6 nitrogen and oxygen atoms in total. The highest BCUT2D eigenvalue weighted by atomic mass is 16.2. The standard InChI is InChI=1S/C31H33N5O/c1-31(29-20-33-22-34-29,18-23-11-13-24(19-32)14-12-23)35-30(37)27-9-5-16-36(21-27)17-15-26-8-4-7-25-6-2-3-10-28(25)26/h2-4,6-8,10-14,20,22,27H,5,9,15-18,21H2,1H3,(H,33,34)(H,35,37)/t27-,31?/m0/s1. The van der Waals surface area contributed by atoms with Crippen LogP contribution in [0, 0.1) is 17.2 Å². The summed E-state index contributed by atoms with van der Waals surface area (Å²) in [5.41, 5.74) is 3.28. The number of carbonyl (C=O) groups is 1. The van der Waals surface area contributed by atoms with E-state index in [-0.39, 0.29) is 11.8 Å². The van der Waals surface area contributed by atoms with Crippen molar-refractivity contribution in [2.45, 2.75) is 38.1 Å². The number of carbonyl (C=O) groups excluding carboxylic acids is 1. The maximum Gasteiger partial charge on any atom is 0.225 e. The summed E-state index contributed by atoms with van der Waals surface area (Å²) >= 11 is 0. The van der Waals surface area contributed by atoms with Gasteiger partial charge >= 0.3 is 0 Å². The second-order valence-corrected chi connectivity index (χ2v) is 10.3. The lowest BCUT2D eigenvalue weighted by Crippen LogP contribution is -2.51. The van der Waals surface area contributed by atoms with E-state index >= 15 is 0 Å². The first-order chi connectivity index (χ1) is 18.0. The van der Waals surface area contributed by atoms with Crippen molar-refractivity contribution in [2.75, 3.05) is 19.6 Å². The summed E-state index contributed by atoms with van der Waals surface area (Å²) in [6, 6.07) is 24.8. The number of nitrogens with one attached hydrogen (secondary N) is 2. The molecule has 0 radical (unpaired) electrons. The highest BCUT2D eigenvalue weighted by molar-refractivity contribution is 5.85. The van der Waals surface area contributed by atoms with E-state index in [2.05, 4.69) is 68.7 Å². The van der Waals surface area contributed by atoms with Crippen LogP contribution in [0.1, 0.15) is 42.1 Å². The summed E-state index contributed by atoms with van der Waals surface area (Å²) in [7, 11) is 0. The number of H-pyrrole nitrogens is 1. The lowest BCUT2D eigenvalue weighted by atomic mass is 9.87. The maximum atomic E-state index is 13.6. The number of likely N-dealkylation sites (tertiary alicyclic amines) is 1. The molecule has 2 N–H and O–H groups in total. The molecule has 0 aliphatic carbocycles. The van der Waals surface area contributed by atoms with Crippen molar-refractivity contribution in [1.29, 1.82) is 5.26 Å². The minimum absolute atomic E-state index is 0.0514. The van der Waals surface area contributed by atoms with Crippen molar-refractivity contribution in [3.8, 4) is 6.07 Å². The van der Waals surface area contributed by atoms with Crippen LogP contribution in [0.25, 0.3) is 10.8 Å². The molecule has 4 aromatic rings. The van der Waals surface area contributed by atoms with Crippen LogP contribution in [-0.4, -0.2) is 40.4 Å². The van der Waals surface area contributed by atoms with Crippen LogP contribution in [0.4, 0.5) is 0 Å². The maximum absolute atomic E-state index is 13.6. The lowest BCUT2D eigenvalue weighted by molar-refractivity contribution is -0.128. The van der Waals surface area contributed by atoms with Gasteiger partial charge in [0.1, 0.15) is 0 Å². The van der Waals surface area contributed by atoms with E-state index in [4.69, 9.17) is 5.26 Å². The Morgan fingerprint density at radius 2 is 1.97 bits per heavy atom. The zero-order chi connectivity index (χ0) is 25.7. The number of piperidine rings is 1. The van der Waals surface area contributed by atoms with Crippen LogP contribution in [0.5, 0.6) is 0 Å². The molecule has 1 saturated heterocycles. The van der Waals surface area contributed by atoms with Gasteiger partial charge in [-0.15, -0.1) is 0 Å². The monoisotopic (exact) mass is 491 g/mol. The zero-order valence-electron chi connectivity index (χ0n) is 21.3. The molecule has 3 aromatic carbocycles. The molecule has 0 saturated carbocycles. The number of aromatic amines is 1. The van der Waals surface area contributed by atoms with Gasteiger partial charge in [-0.05, 0) is 66.8 Å². The van der Waals surface area contributed by atoms with Crippen molar-refractivity contribution >= 4 is 16.7 Å². The number of rotatable bonds is 8. The van der Waals surface area contributed by atoms with Crippen molar-refractivity contribution < 1.29 is 4.79 Å². The van der Waals surface area contributed by atoms with Gasteiger partial charge < -0.3 is 15.2 Å². The van der Waals surface area contributed by atoms with Crippen molar-refractivity contribution in [3.63, 3.8) is 0 Å². The van der Waals surface area contributed by atoms with Crippen molar-refractivity contribution in [1.82, 2.24) is 20.2 Å². The van der Waals surface area contributed by atoms with Crippen LogP contribution >= 0.6 is 0 Å². The van der Waals surface area contributed by atoms with E-state index in [9.17, 15) is 4.79 Å². The molecule has 0 bridgehead atoms. The Kier molecular flexibility index (Phi) is 7.34. The zero-order valence-corrected chi connectivity index (χ0v) is 21.3. The molecule has 1 aliphatic rings. The minimum Gasteiger partial charge on any atom is -0.347 e. The van der Waals surface area contributed by atoms with E-state index in [1.165, 1.54) is 16.3 Å². The van der Waals surface area contributed by atoms with E-state index in [1.807, 2.05) is 31.2 Å². The second-order valence-electron chi connectivity index (χ2n) is 10.3. The molecule has 5 rings (SSSR count). The predicted octanol–water partition coefficient (Wildman–Crippen LogP) is 4.96. The molecule has 2 atom stereocenters. The summed E-state index contributed by atoms with van der Waals surface area (Å²) in [4.78, 5) is 23.4. The second kappa shape index (κ2) is 11.0. The van der Waals surface area contributed by atoms with Gasteiger partial charge in [0.05, 0.1) is 41.3 Å². The number of amides is 1. The molecule has 2 heterocycles. The molecule has 1 fully saturated rings. The molecule has 1 aliphatic heterocycles. The first kappa shape index (κ1) is 24.7. The molecule has 1 unspecified atom stereocenters. The SMILES string of the molecule is CC(Cc1ccc(C#N)cc1)(NC(=O)[C@H]1CCCN(CCc2cccc3ccccc23)C1)c1cnc[nH]1. The number of fused-ring (bicyclic) bond motifs is 1. The van der Waals surface area contributed by atoms with Gasteiger partial charge in [0.2, 0.25) is 5.91 Å². The fourth-order valence-electron chi connectivity index (χ4n) is 5.51. The van der Waals surface area contributed by atoms with Crippen molar-refractivity contribution in [2.24, 2.45) is 5.92 Å². The molecular weight excluding hydrogens is 458 g/mol. The van der Waals surface area contributed by atoms with Crippen molar-refractivity contribution in [3.05, 3.63) is 102 Å². The Hall–Kier alpha value is -3.95. The number of nitrogens with zero attached hydrogens (tertiary/aromatic N) is 3. The van der Waals surface area contributed by atoms with Gasteiger partial charge in [0, 0.05) is 19.5 Å². The van der Waals surface area contributed by atoms with Crippen LogP contribution in [-0.2, 0) is 23.2 Å². The van der Waals surface area contributed by atoms with Gasteiger partial charge in [0.25, 0.3) is 0 Å². The highest BCUT2D eigenvalue weighted by Gasteiger charge is 2.34. The van der Waals surface area contributed by atoms with E-state index < -0.39 is 5.54 Å². The molecule has 6 heteroatoms. The Morgan fingerprint density at radius 1 is 1.16 bits per heavy atom. The Bertz CT molecular complexity index is 1380. The third-order valence-electron chi connectivity index (χ3n) is 7.59. The van der Waals surface area contributed by atoms with E-state index in [1.54, 1.807) is 12.5 Å². The van der Waals surface area contributed by atoms with Gasteiger partial charge in [-0.25, -0.2) is 4.98 Å². The minimum atomic E-state index is -0.632. The highest BCUT2D eigenvalue weighted by Crippen LogP contribution is 2.27. The van der Waals surface area contributed by atoms with E-state index in [0.717, 1.165) is 50.2 Å².